The first-order valence-electron chi connectivity index (χ1n) is 9.94. The summed E-state index contributed by atoms with van der Waals surface area (Å²) < 4.78 is 33.5. The van der Waals surface area contributed by atoms with Gasteiger partial charge in [-0.3, -0.25) is 4.79 Å². The Bertz CT molecular complexity index is 873. The molecule has 7 heteroatoms. The first-order valence-corrected chi connectivity index (χ1v) is 15.0. The Morgan fingerprint density at radius 2 is 1.93 bits per heavy atom. The highest BCUT2D eigenvalue weighted by atomic mass is 32.2. The van der Waals surface area contributed by atoms with E-state index in [-0.39, 0.29) is 16.9 Å². The van der Waals surface area contributed by atoms with E-state index < -0.39 is 30.1 Å². The highest BCUT2D eigenvalue weighted by Gasteiger charge is 2.61. The molecule has 0 bridgehead atoms. The van der Waals surface area contributed by atoms with Gasteiger partial charge < -0.3 is 4.74 Å². The molecule has 0 unspecified atom stereocenters. The molecule has 5 nitrogen and oxygen atoms in total. The summed E-state index contributed by atoms with van der Waals surface area (Å²) in [4.78, 5) is 12.8. The fourth-order valence-electron chi connectivity index (χ4n) is 3.92. The highest BCUT2D eigenvalue weighted by Crippen LogP contribution is 2.60. The zero-order valence-electron chi connectivity index (χ0n) is 17.4. The maximum Gasteiger partial charge on any atom is 0.324 e. The van der Waals surface area contributed by atoms with Crippen molar-refractivity contribution in [3.8, 4) is 0 Å². The van der Waals surface area contributed by atoms with Crippen molar-refractivity contribution in [1.82, 2.24) is 4.31 Å². The van der Waals surface area contributed by atoms with Crippen LogP contribution in [-0.4, -0.2) is 46.0 Å². The van der Waals surface area contributed by atoms with Crippen molar-refractivity contribution < 1.29 is 17.9 Å². The maximum absolute atomic E-state index is 13.4. The summed E-state index contributed by atoms with van der Waals surface area (Å²) in [6.07, 6.45) is 3.70. The molecule has 2 aliphatic rings. The maximum atomic E-state index is 13.4. The zero-order valence-corrected chi connectivity index (χ0v) is 19.3. The smallest absolute Gasteiger partial charge is 0.324 e. The van der Waals surface area contributed by atoms with Crippen molar-refractivity contribution in [2.24, 2.45) is 11.3 Å². The lowest BCUT2D eigenvalue weighted by Crippen LogP contribution is -2.51. The number of rotatable bonds is 6. The Morgan fingerprint density at radius 3 is 2.50 bits per heavy atom. The van der Waals surface area contributed by atoms with E-state index in [9.17, 15) is 13.2 Å². The van der Waals surface area contributed by atoms with E-state index in [1.54, 1.807) is 31.2 Å². The minimum atomic E-state index is -3.78. The van der Waals surface area contributed by atoms with Crippen LogP contribution in [0.5, 0.6) is 0 Å². The summed E-state index contributed by atoms with van der Waals surface area (Å²) in [6, 6.07) is 6.08. The average molecular weight is 422 g/mol. The molecule has 1 aromatic carbocycles. The second kappa shape index (κ2) is 7.43. The lowest BCUT2D eigenvalue weighted by molar-refractivity contribution is -0.149. The first kappa shape index (κ1) is 21.3. The molecule has 1 heterocycles. The molecule has 1 aliphatic heterocycles. The second-order valence-electron chi connectivity index (χ2n) is 9.20. The molecule has 0 spiro atoms. The Hall–Kier alpha value is -1.44. The van der Waals surface area contributed by atoms with Gasteiger partial charge in [-0.05, 0) is 44.7 Å². The van der Waals surface area contributed by atoms with Crippen LogP contribution < -0.4 is 0 Å². The molecule has 1 saturated heterocycles. The number of piperidine rings is 1. The fraction of sp³-hybridized carbons (Fsp3) is 0.571. The number of aryl methyl sites for hydroxylation is 1. The summed E-state index contributed by atoms with van der Waals surface area (Å²) in [5, 5.41) is 0. The predicted octanol–water partition coefficient (Wildman–Crippen LogP) is 3.76. The van der Waals surface area contributed by atoms with Gasteiger partial charge in [0.25, 0.3) is 0 Å². The molecule has 0 N–H and O–H groups in total. The average Bonchev–Trinajstić information content (AvgIpc) is 3.33. The summed E-state index contributed by atoms with van der Waals surface area (Å²) in [5.74, 6) is -0.0909. The standard InChI is InChI=1S/C21H31NO4SSi/c1-6-26-20(23)19-13-17-14-21(17,11-12-28(3,4)5)15-22(19)27(24,25)18-9-7-16(2)8-10-18/h7-12,17,19H,6,13-15H2,1-5H3/b12-11-/t17-,19+,21-/m1/s1. The molecule has 1 aromatic rings. The quantitative estimate of drug-likeness (QED) is 0.518. The molecule has 3 atom stereocenters. The van der Waals surface area contributed by atoms with Crippen LogP contribution in [0.25, 0.3) is 0 Å². The van der Waals surface area contributed by atoms with E-state index in [1.807, 2.05) is 6.92 Å². The van der Waals surface area contributed by atoms with Gasteiger partial charge >= 0.3 is 5.97 Å². The molecule has 3 rings (SSSR count). The molecule has 1 aliphatic carbocycles. The van der Waals surface area contributed by atoms with E-state index in [4.69, 9.17) is 4.74 Å². The third kappa shape index (κ3) is 4.26. The third-order valence-electron chi connectivity index (χ3n) is 5.69. The Morgan fingerprint density at radius 1 is 1.29 bits per heavy atom. The molecular formula is C21H31NO4SSi. The van der Waals surface area contributed by atoms with E-state index in [0.717, 1.165) is 12.0 Å². The van der Waals surface area contributed by atoms with Gasteiger partial charge in [0.1, 0.15) is 6.04 Å². The number of benzene rings is 1. The number of nitrogens with zero attached hydrogens (tertiary/aromatic N) is 1. The van der Waals surface area contributed by atoms with E-state index >= 15 is 0 Å². The van der Waals surface area contributed by atoms with Crippen LogP contribution in [0, 0.1) is 18.3 Å². The third-order valence-corrected chi connectivity index (χ3v) is 8.72. The lowest BCUT2D eigenvalue weighted by atomic mass is 9.94. The van der Waals surface area contributed by atoms with Gasteiger partial charge in [0.05, 0.1) is 19.6 Å². The molecule has 28 heavy (non-hydrogen) atoms. The van der Waals surface area contributed by atoms with Crippen LogP contribution in [0.3, 0.4) is 0 Å². The van der Waals surface area contributed by atoms with Crippen molar-refractivity contribution in [3.05, 3.63) is 41.6 Å². The molecule has 0 amide bonds. The van der Waals surface area contributed by atoms with Crippen LogP contribution in [-0.2, 0) is 19.6 Å². The number of ether oxygens (including phenoxy) is 1. The largest absolute Gasteiger partial charge is 0.465 e. The number of hydrogen-bond donors (Lipinski definition) is 0. The number of carbonyl (C=O) groups excluding carboxylic acids is 1. The number of fused-ring (bicyclic) bond motifs is 1. The zero-order chi connectivity index (χ0) is 20.7. The molecular weight excluding hydrogens is 390 g/mol. The molecule has 154 valence electrons. The topological polar surface area (TPSA) is 63.7 Å². The van der Waals surface area contributed by atoms with E-state index in [1.165, 1.54) is 4.31 Å². The number of esters is 1. The van der Waals surface area contributed by atoms with Crippen molar-refractivity contribution in [2.45, 2.75) is 57.3 Å². The number of hydrogen-bond acceptors (Lipinski definition) is 4. The Kier molecular flexibility index (Phi) is 5.64. The van der Waals surface area contributed by atoms with Crippen LogP contribution in [0.15, 0.2) is 40.9 Å². The molecule has 0 aromatic heterocycles. The van der Waals surface area contributed by atoms with Crippen molar-refractivity contribution in [2.75, 3.05) is 13.2 Å². The normalized spacial score (nSPS) is 28.2. The minimum absolute atomic E-state index is 0.138. The van der Waals surface area contributed by atoms with Gasteiger partial charge in [0, 0.05) is 12.0 Å². The SMILES string of the molecule is CCOC(=O)[C@@H]1C[C@@H]2C[C@]2(/C=C\[Si](C)(C)C)CN1S(=O)(=O)c1ccc(C)cc1. The van der Waals surface area contributed by atoms with Crippen molar-refractivity contribution in [1.29, 1.82) is 0 Å². The van der Waals surface area contributed by atoms with Crippen LogP contribution in [0.4, 0.5) is 0 Å². The Labute approximate surface area is 169 Å². The lowest BCUT2D eigenvalue weighted by Gasteiger charge is -2.36. The molecule has 0 radical (unpaired) electrons. The van der Waals surface area contributed by atoms with Gasteiger partial charge in [-0.25, -0.2) is 8.42 Å². The predicted molar refractivity (Wildman–Crippen MR) is 113 cm³/mol. The van der Waals surface area contributed by atoms with Gasteiger partial charge in [-0.15, -0.1) is 0 Å². The van der Waals surface area contributed by atoms with Crippen LogP contribution >= 0.6 is 0 Å². The summed E-state index contributed by atoms with van der Waals surface area (Å²) in [6.45, 7) is 11.1. The highest BCUT2D eigenvalue weighted by molar-refractivity contribution is 7.89. The molecule has 2 fully saturated rings. The monoisotopic (exact) mass is 421 g/mol. The van der Waals surface area contributed by atoms with E-state index in [0.29, 0.717) is 18.9 Å². The minimum Gasteiger partial charge on any atom is -0.465 e. The van der Waals surface area contributed by atoms with Gasteiger partial charge in [0.15, 0.2) is 0 Å². The van der Waals surface area contributed by atoms with Gasteiger partial charge in [0.2, 0.25) is 10.0 Å². The van der Waals surface area contributed by atoms with Gasteiger partial charge in [-0.2, -0.15) is 4.31 Å². The summed E-state index contributed by atoms with van der Waals surface area (Å²) in [7, 11) is -5.17. The van der Waals surface area contributed by atoms with Crippen molar-refractivity contribution >= 4 is 24.1 Å². The van der Waals surface area contributed by atoms with Gasteiger partial charge in [-0.1, -0.05) is 49.1 Å². The first-order chi connectivity index (χ1) is 13.0. The van der Waals surface area contributed by atoms with E-state index in [2.05, 4.69) is 31.4 Å². The van der Waals surface area contributed by atoms with Crippen LogP contribution in [0.1, 0.15) is 25.3 Å². The number of sulfonamides is 1. The van der Waals surface area contributed by atoms with Crippen LogP contribution in [0.2, 0.25) is 19.6 Å². The molecule has 1 saturated carbocycles. The second-order valence-corrected chi connectivity index (χ2v) is 16.2. The Balaban J connectivity index is 1.96. The van der Waals surface area contributed by atoms with Crippen molar-refractivity contribution in [3.63, 3.8) is 0 Å². The summed E-state index contributed by atoms with van der Waals surface area (Å²) >= 11 is 0. The number of carbonyl (C=O) groups is 1. The summed E-state index contributed by atoms with van der Waals surface area (Å²) in [5.41, 5.74) is 3.16. The fourth-order valence-corrected chi connectivity index (χ4v) is 6.42.